The standard InChI is InChI=1S/C26H34N6O2/c33-24-23(21-9-2-1-3-10-21)22-11-4-5-15-31(22)26(34)32(24)16-7-6-14-29-17-19-30(20-18-29)25-27-12-8-13-28-25/h1-3,8-10,12-13,22-23H,4-7,11,14-20H2/t22-,23-/m1/s1. The average molecular weight is 463 g/mol. The number of rotatable bonds is 7. The Kier molecular flexibility index (Phi) is 7.04. The highest BCUT2D eigenvalue weighted by atomic mass is 16.2. The van der Waals surface area contributed by atoms with E-state index in [2.05, 4.69) is 19.8 Å². The fraction of sp³-hybridized carbons (Fsp3) is 0.538. The topological polar surface area (TPSA) is 72.9 Å². The molecule has 3 aliphatic heterocycles. The van der Waals surface area contributed by atoms with E-state index in [1.807, 2.05) is 41.3 Å². The minimum absolute atomic E-state index is 0.00251. The second kappa shape index (κ2) is 10.5. The van der Waals surface area contributed by atoms with E-state index in [0.717, 1.165) is 82.9 Å². The summed E-state index contributed by atoms with van der Waals surface area (Å²) in [6, 6.07) is 11.8. The minimum Gasteiger partial charge on any atom is -0.338 e. The van der Waals surface area contributed by atoms with Crippen LogP contribution < -0.4 is 4.90 Å². The van der Waals surface area contributed by atoms with Gasteiger partial charge in [-0.3, -0.25) is 14.6 Å². The largest absolute Gasteiger partial charge is 0.338 e. The molecule has 4 heterocycles. The molecule has 3 aliphatic rings. The minimum atomic E-state index is -0.243. The van der Waals surface area contributed by atoms with Gasteiger partial charge in [-0.05, 0) is 50.3 Å². The number of fused-ring (bicyclic) bond motifs is 1. The molecule has 2 aromatic rings. The molecule has 8 heteroatoms. The molecule has 180 valence electrons. The van der Waals surface area contributed by atoms with Crippen LogP contribution in [0.4, 0.5) is 10.7 Å². The number of imide groups is 1. The van der Waals surface area contributed by atoms with Gasteiger partial charge in [0.1, 0.15) is 0 Å². The molecule has 34 heavy (non-hydrogen) atoms. The van der Waals surface area contributed by atoms with Crippen LogP contribution in [0.3, 0.4) is 0 Å². The first-order chi connectivity index (χ1) is 16.7. The van der Waals surface area contributed by atoms with Gasteiger partial charge < -0.3 is 9.80 Å². The molecule has 3 fully saturated rings. The van der Waals surface area contributed by atoms with Crippen molar-refractivity contribution < 1.29 is 9.59 Å². The van der Waals surface area contributed by atoms with Gasteiger partial charge in [0.2, 0.25) is 11.9 Å². The lowest BCUT2D eigenvalue weighted by atomic mass is 9.82. The van der Waals surface area contributed by atoms with E-state index in [4.69, 9.17) is 0 Å². The Bertz CT molecular complexity index is 964. The molecule has 0 saturated carbocycles. The SMILES string of the molecule is O=C1[C@H](c2ccccc2)[C@H]2CCCCN2C(=O)N1CCCCN1CCN(c2ncccn2)CC1. The third kappa shape index (κ3) is 4.78. The average Bonchev–Trinajstić information content (AvgIpc) is 2.90. The lowest BCUT2D eigenvalue weighted by Crippen LogP contribution is -2.62. The highest BCUT2D eigenvalue weighted by Crippen LogP contribution is 2.36. The number of piperazine rings is 1. The third-order valence-electron chi connectivity index (χ3n) is 7.41. The molecule has 3 amide bonds. The van der Waals surface area contributed by atoms with Crippen LogP contribution in [-0.4, -0.2) is 88.5 Å². The first-order valence-corrected chi connectivity index (χ1v) is 12.6. The van der Waals surface area contributed by atoms with Gasteiger partial charge >= 0.3 is 6.03 Å². The van der Waals surface area contributed by atoms with Crippen LogP contribution in [-0.2, 0) is 4.79 Å². The maximum absolute atomic E-state index is 13.5. The summed E-state index contributed by atoms with van der Waals surface area (Å²) >= 11 is 0. The summed E-state index contributed by atoms with van der Waals surface area (Å²) in [4.78, 5) is 43.6. The van der Waals surface area contributed by atoms with Crippen molar-refractivity contribution in [3.8, 4) is 0 Å². The Labute approximate surface area is 201 Å². The van der Waals surface area contributed by atoms with Crippen molar-refractivity contribution in [3.63, 3.8) is 0 Å². The first kappa shape index (κ1) is 22.8. The predicted molar refractivity (Wildman–Crippen MR) is 131 cm³/mol. The molecule has 0 radical (unpaired) electrons. The number of amides is 3. The molecule has 1 aromatic carbocycles. The van der Waals surface area contributed by atoms with Crippen LogP contribution >= 0.6 is 0 Å². The number of carbonyl (C=O) groups is 2. The molecule has 0 N–H and O–H groups in total. The first-order valence-electron chi connectivity index (χ1n) is 12.6. The van der Waals surface area contributed by atoms with Crippen LogP contribution in [0.5, 0.6) is 0 Å². The molecule has 1 aromatic heterocycles. The second-order valence-electron chi connectivity index (χ2n) is 9.50. The molecular formula is C26H34N6O2. The summed E-state index contributed by atoms with van der Waals surface area (Å²) in [5.41, 5.74) is 1.03. The molecule has 3 saturated heterocycles. The van der Waals surface area contributed by atoms with Crippen molar-refractivity contribution in [1.29, 1.82) is 0 Å². The van der Waals surface area contributed by atoms with E-state index in [1.54, 1.807) is 12.4 Å². The molecule has 2 atom stereocenters. The number of urea groups is 1. The van der Waals surface area contributed by atoms with Crippen molar-refractivity contribution in [3.05, 3.63) is 54.4 Å². The number of aromatic nitrogens is 2. The van der Waals surface area contributed by atoms with Crippen molar-refractivity contribution in [2.45, 2.75) is 44.1 Å². The van der Waals surface area contributed by atoms with Crippen molar-refractivity contribution in [2.75, 3.05) is 50.7 Å². The van der Waals surface area contributed by atoms with Gasteiger partial charge in [0.25, 0.3) is 0 Å². The Morgan fingerprint density at radius 1 is 0.824 bits per heavy atom. The lowest BCUT2D eigenvalue weighted by molar-refractivity contribution is -0.135. The maximum Gasteiger partial charge on any atom is 0.326 e. The maximum atomic E-state index is 13.5. The summed E-state index contributed by atoms with van der Waals surface area (Å²) in [5, 5.41) is 0. The Morgan fingerprint density at radius 2 is 1.56 bits per heavy atom. The van der Waals surface area contributed by atoms with Crippen molar-refractivity contribution in [2.24, 2.45) is 0 Å². The van der Waals surface area contributed by atoms with Gasteiger partial charge in [-0.1, -0.05) is 30.3 Å². The van der Waals surface area contributed by atoms with Gasteiger partial charge in [-0.15, -0.1) is 0 Å². The highest BCUT2D eigenvalue weighted by molar-refractivity contribution is 6.01. The Hall–Kier alpha value is -3.00. The normalized spacial score (nSPS) is 23.8. The second-order valence-corrected chi connectivity index (χ2v) is 9.50. The third-order valence-corrected chi connectivity index (χ3v) is 7.41. The van der Waals surface area contributed by atoms with Crippen molar-refractivity contribution in [1.82, 2.24) is 24.7 Å². The van der Waals surface area contributed by atoms with Crippen LogP contribution in [0.15, 0.2) is 48.8 Å². The highest BCUT2D eigenvalue weighted by Gasteiger charge is 2.47. The van der Waals surface area contributed by atoms with Gasteiger partial charge in [0, 0.05) is 57.7 Å². The number of hydrogen-bond donors (Lipinski definition) is 0. The zero-order valence-electron chi connectivity index (χ0n) is 19.8. The number of nitrogens with zero attached hydrogens (tertiary/aromatic N) is 6. The van der Waals surface area contributed by atoms with Gasteiger partial charge in [0.15, 0.2) is 0 Å². The summed E-state index contributed by atoms with van der Waals surface area (Å²) in [5.74, 6) is 0.538. The monoisotopic (exact) mass is 462 g/mol. The van der Waals surface area contributed by atoms with Crippen LogP contribution in [0, 0.1) is 0 Å². The molecule has 8 nitrogen and oxygen atoms in total. The van der Waals surface area contributed by atoms with Crippen LogP contribution in [0.2, 0.25) is 0 Å². The Morgan fingerprint density at radius 3 is 2.32 bits per heavy atom. The predicted octanol–water partition coefficient (Wildman–Crippen LogP) is 2.98. The smallest absolute Gasteiger partial charge is 0.326 e. The van der Waals surface area contributed by atoms with E-state index in [1.165, 1.54) is 4.90 Å². The molecular weight excluding hydrogens is 428 g/mol. The number of piperidine rings is 1. The van der Waals surface area contributed by atoms with E-state index in [9.17, 15) is 9.59 Å². The van der Waals surface area contributed by atoms with E-state index in [0.29, 0.717) is 6.54 Å². The number of carbonyl (C=O) groups excluding carboxylic acids is 2. The summed E-state index contributed by atoms with van der Waals surface area (Å²) < 4.78 is 0. The Balaban J connectivity index is 1.14. The van der Waals surface area contributed by atoms with Gasteiger partial charge in [0.05, 0.1) is 5.92 Å². The number of hydrogen-bond acceptors (Lipinski definition) is 6. The van der Waals surface area contributed by atoms with E-state index in [-0.39, 0.29) is 23.9 Å². The van der Waals surface area contributed by atoms with Gasteiger partial charge in [-0.2, -0.15) is 0 Å². The summed E-state index contributed by atoms with van der Waals surface area (Å²) in [7, 11) is 0. The van der Waals surface area contributed by atoms with E-state index >= 15 is 0 Å². The molecule has 0 spiro atoms. The summed E-state index contributed by atoms with van der Waals surface area (Å²) in [6.45, 7) is 6.03. The fourth-order valence-electron chi connectivity index (χ4n) is 5.59. The summed E-state index contributed by atoms with van der Waals surface area (Å²) in [6.07, 6.45) is 8.38. The van der Waals surface area contributed by atoms with Crippen molar-refractivity contribution >= 4 is 17.9 Å². The number of unbranched alkanes of at least 4 members (excludes halogenated alkanes) is 1. The van der Waals surface area contributed by atoms with Gasteiger partial charge in [-0.25, -0.2) is 14.8 Å². The van der Waals surface area contributed by atoms with E-state index < -0.39 is 0 Å². The quantitative estimate of drug-likeness (QED) is 0.589. The molecule has 0 unspecified atom stereocenters. The molecule has 0 aliphatic carbocycles. The van der Waals surface area contributed by atoms with Crippen LogP contribution in [0.25, 0.3) is 0 Å². The lowest BCUT2D eigenvalue weighted by Gasteiger charge is -2.47. The fourth-order valence-corrected chi connectivity index (χ4v) is 5.59. The number of anilines is 1. The molecule has 0 bridgehead atoms. The molecule has 5 rings (SSSR count). The zero-order chi connectivity index (χ0) is 23.3. The number of benzene rings is 1. The zero-order valence-corrected chi connectivity index (χ0v) is 19.8. The van der Waals surface area contributed by atoms with Crippen LogP contribution in [0.1, 0.15) is 43.6 Å².